The van der Waals surface area contributed by atoms with Gasteiger partial charge in [0.05, 0.1) is 12.2 Å². The molecule has 1 spiro atoms. The second-order valence-electron chi connectivity index (χ2n) is 6.78. The Labute approximate surface area is 150 Å². The van der Waals surface area contributed by atoms with Crippen LogP contribution in [0, 0.1) is 13.8 Å². The Kier molecular flexibility index (Phi) is 4.00. The number of thiophene rings is 1. The first-order chi connectivity index (χ1) is 12.0. The molecule has 4 rings (SSSR count). The molecule has 0 unspecified atom stereocenters. The van der Waals surface area contributed by atoms with Gasteiger partial charge in [-0.15, -0.1) is 11.3 Å². The molecule has 25 heavy (non-hydrogen) atoms. The van der Waals surface area contributed by atoms with Crippen LogP contribution in [0.15, 0.2) is 12.1 Å². The Balaban J connectivity index is 1.58. The lowest BCUT2D eigenvalue weighted by molar-refractivity contribution is -0.0758. The van der Waals surface area contributed by atoms with Gasteiger partial charge in [-0.05, 0) is 44.4 Å². The maximum atomic E-state index is 11.3. The van der Waals surface area contributed by atoms with Gasteiger partial charge in [0.1, 0.15) is 4.88 Å². The van der Waals surface area contributed by atoms with Crippen molar-refractivity contribution in [1.29, 1.82) is 0 Å². The number of piperidine rings is 1. The van der Waals surface area contributed by atoms with Crippen molar-refractivity contribution in [3.05, 3.63) is 38.8 Å². The summed E-state index contributed by atoms with van der Waals surface area (Å²) in [5, 5.41) is 9.31. The fraction of sp³-hybridized carbons (Fsp3) is 0.500. The molecule has 2 aromatic rings. The summed E-state index contributed by atoms with van der Waals surface area (Å²) in [6, 6.07) is 3.80. The molecule has 4 heterocycles. The number of carboxylic acid groups (broad SMARTS) is 1. The van der Waals surface area contributed by atoms with Gasteiger partial charge < -0.3 is 14.7 Å². The minimum atomic E-state index is -0.851. The van der Waals surface area contributed by atoms with Gasteiger partial charge in [0, 0.05) is 35.8 Å². The molecule has 6 nitrogen and oxygen atoms in total. The van der Waals surface area contributed by atoms with E-state index < -0.39 is 5.97 Å². The number of carboxylic acids is 1. The molecule has 1 fully saturated rings. The van der Waals surface area contributed by atoms with Crippen LogP contribution in [0.5, 0.6) is 0 Å². The van der Waals surface area contributed by atoms with Crippen molar-refractivity contribution in [2.45, 2.75) is 38.7 Å². The van der Waals surface area contributed by atoms with Crippen LogP contribution >= 0.6 is 11.3 Å². The first-order valence-corrected chi connectivity index (χ1v) is 9.36. The van der Waals surface area contributed by atoms with E-state index in [2.05, 4.69) is 14.9 Å². The number of aryl methyl sites for hydroxylation is 2. The van der Waals surface area contributed by atoms with Crippen molar-refractivity contribution < 1.29 is 14.6 Å². The Morgan fingerprint density at radius 2 is 1.92 bits per heavy atom. The average molecular weight is 359 g/mol. The van der Waals surface area contributed by atoms with E-state index in [1.54, 1.807) is 0 Å². The summed E-state index contributed by atoms with van der Waals surface area (Å²) in [7, 11) is 0. The van der Waals surface area contributed by atoms with E-state index in [9.17, 15) is 9.90 Å². The van der Waals surface area contributed by atoms with Crippen LogP contribution in [0.2, 0.25) is 0 Å². The zero-order valence-corrected chi connectivity index (χ0v) is 15.2. The second-order valence-corrected chi connectivity index (χ2v) is 7.92. The van der Waals surface area contributed by atoms with Crippen LogP contribution < -0.4 is 4.90 Å². The fourth-order valence-corrected chi connectivity index (χ4v) is 4.92. The lowest BCUT2D eigenvalue weighted by Gasteiger charge is -2.44. The molecule has 2 aromatic heterocycles. The summed E-state index contributed by atoms with van der Waals surface area (Å²) in [6.07, 6.45) is 2.46. The number of carbonyl (C=O) groups is 1. The summed E-state index contributed by atoms with van der Waals surface area (Å²) < 4.78 is 6.20. The maximum absolute atomic E-state index is 11.3. The molecule has 2 aliphatic heterocycles. The largest absolute Gasteiger partial charge is 0.477 e. The van der Waals surface area contributed by atoms with Crippen molar-refractivity contribution >= 4 is 23.3 Å². The van der Waals surface area contributed by atoms with Crippen molar-refractivity contribution in [3.8, 4) is 0 Å². The van der Waals surface area contributed by atoms with Crippen LogP contribution in [-0.4, -0.2) is 40.7 Å². The summed E-state index contributed by atoms with van der Waals surface area (Å²) in [4.78, 5) is 24.2. The molecule has 1 saturated heterocycles. The van der Waals surface area contributed by atoms with E-state index >= 15 is 0 Å². The number of aromatic carboxylic acids is 1. The molecule has 0 aromatic carbocycles. The highest BCUT2D eigenvalue weighted by atomic mass is 32.1. The number of hydrogen-bond acceptors (Lipinski definition) is 6. The van der Waals surface area contributed by atoms with Crippen LogP contribution in [0.4, 0.5) is 5.95 Å². The highest BCUT2D eigenvalue weighted by Gasteiger charge is 2.42. The third-order valence-corrected chi connectivity index (χ3v) is 6.23. The van der Waals surface area contributed by atoms with Gasteiger partial charge in [-0.2, -0.15) is 0 Å². The zero-order chi connectivity index (χ0) is 17.6. The van der Waals surface area contributed by atoms with Crippen molar-refractivity contribution in [3.63, 3.8) is 0 Å². The zero-order valence-electron chi connectivity index (χ0n) is 14.4. The minimum Gasteiger partial charge on any atom is -0.477 e. The molecule has 0 amide bonds. The number of rotatable bonds is 2. The van der Waals surface area contributed by atoms with Crippen LogP contribution in [-0.2, 0) is 16.8 Å². The Morgan fingerprint density at radius 1 is 1.24 bits per heavy atom. The SMILES string of the molecule is Cc1cc(C)nc(N2CCC3(CC2)OCCc2sc(C(=O)O)cc23)n1. The second kappa shape index (κ2) is 6.07. The first-order valence-electron chi connectivity index (χ1n) is 8.54. The molecule has 0 atom stereocenters. The molecule has 1 N–H and O–H groups in total. The van der Waals surface area contributed by atoms with E-state index in [0.717, 1.165) is 55.3 Å². The molecule has 0 bridgehead atoms. The van der Waals surface area contributed by atoms with Gasteiger partial charge in [0.15, 0.2) is 0 Å². The lowest BCUT2D eigenvalue weighted by Crippen LogP contribution is -2.46. The molecule has 2 aliphatic rings. The molecule has 0 aliphatic carbocycles. The topological polar surface area (TPSA) is 75.6 Å². The van der Waals surface area contributed by atoms with Gasteiger partial charge in [-0.3, -0.25) is 0 Å². The number of ether oxygens (including phenoxy) is 1. The smallest absolute Gasteiger partial charge is 0.345 e. The minimum absolute atomic E-state index is 0.354. The van der Waals surface area contributed by atoms with Crippen molar-refractivity contribution in [2.75, 3.05) is 24.6 Å². The van der Waals surface area contributed by atoms with E-state index in [-0.39, 0.29) is 5.60 Å². The summed E-state index contributed by atoms with van der Waals surface area (Å²) in [6.45, 7) is 6.24. The van der Waals surface area contributed by atoms with Gasteiger partial charge >= 0.3 is 5.97 Å². The van der Waals surface area contributed by atoms with Crippen LogP contribution in [0.25, 0.3) is 0 Å². The number of nitrogens with zero attached hydrogens (tertiary/aromatic N) is 3. The Hall–Kier alpha value is -1.99. The quantitative estimate of drug-likeness (QED) is 0.888. The number of fused-ring (bicyclic) bond motifs is 2. The van der Waals surface area contributed by atoms with Crippen molar-refractivity contribution in [2.24, 2.45) is 0 Å². The fourth-order valence-electron chi connectivity index (χ4n) is 3.85. The number of anilines is 1. The number of hydrogen-bond donors (Lipinski definition) is 1. The summed E-state index contributed by atoms with van der Waals surface area (Å²) in [5.74, 6) is -0.0736. The van der Waals surface area contributed by atoms with Gasteiger partial charge in [0.25, 0.3) is 0 Å². The highest BCUT2D eigenvalue weighted by Crippen LogP contribution is 2.44. The molecule has 0 saturated carbocycles. The predicted molar refractivity (Wildman–Crippen MR) is 95.6 cm³/mol. The number of aromatic nitrogens is 2. The Morgan fingerprint density at radius 3 is 2.56 bits per heavy atom. The van der Waals surface area contributed by atoms with E-state index in [0.29, 0.717) is 11.5 Å². The average Bonchev–Trinajstić information content (AvgIpc) is 3.01. The molecular weight excluding hydrogens is 338 g/mol. The van der Waals surface area contributed by atoms with Crippen LogP contribution in [0.3, 0.4) is 0 Å². The predicted octanol–water partition coefficient (Wildman–Crippen LogP) is 2.92. The maximum Gasteiger partial charge on any atom is 0.345 e. The highest BCUT2D eigenvalue weighted by molar-refractivity contribution is 7.14. The molecule has 7 heteroatoms. The van der Waals surface area contributed by atoms with Crippen molar-refractivity contribution in [1.82, 2.24) is 9.97 Å². The third kappa shape index (κ3) is 2.91. The summed E-state index contributed by atoms with van der Waals surface area (Å²) in [5.41, 5.74) is 2.68. The molecule has 132 valence electrons. The van der Waals surface area contributed by atoms with E-state index in [1.807, 2.05) is 26.0 Å². The standard InChI is InChI=1S/C18H21N3O3S/c1-11-9-12(2)20-17(19-11)21-6-4-18(5-7-21)13-10-15(16(22)23)25-14(13)3-8-24-18/h9-10H,3-8H2,1-2H3,(H,22,23). The third-order valence-electron chi connectivity index (χ3n) is 5.04. The molecule has 0 radical (unpaired) electrons. The van der Waals surface area contributed by atoms with Gasteiger partial charge in [-0.1, -0.05) is 0 Å². The van der Waals surface area contributed by atoms with Gasteiger partial charge in [0.2, 0.25) is 5.95 Å². The Bertz CT molecular complexity index is 805. The first kappa shape index (κ1) is 16.5. The van der Waals surface area contributed by atoms with E-state index in [1.165, 1.54) is 16.2 Å². The summed E-state index contributed by atoms with van der Waals surface area (Å²) >= 11 is 1.39. The van der Waals surface area contributed by atoms with E-state index in [4.69, 9.17) is 4.74 Å². The normalized spacial score (nSPS) is 19.0. The van der Waals surface area contributed by atoms with Gasteiger partial charge in [-0.25, -0.2) is 14.8 Å². The monoisotopic (exact) mass is 359 g/mol. The lowest BCUT2D eigenvalue weighted by atomic mass is 9.82. The molecular formula is C18H21N3O3S. The van der Waals surface area contributed by atoms with Crippen LogP contribution in [0.1, 0.15) is 44.3 Å².